The first-order chi connectivity index (χ1) is 8.52. The van der Waals surface area contributed by atoms with Gasteiger partial charge in [-0.1, -0.05) is 65.7 Å². The minimum absolute atomic E-state index is 0.496. The summed E-state index contributed by atoms with van der Waals surface area (Å²) in [7, 11) is 2.21. The van der Waals surface area contributed by atoms with Gasteiger partial charge in [0.1, 0.15) is 0 Å². The highest BCUT2D eigenvalue weighted by molar-refractivity contribution is 7.80. The molecule has 0 aliphatic rings. The van der Waals surface area contributed by atoms with Crippen molar-refractivity contribution in [2.75, 3.05) is 20.1 Å². The zero-order valence-corrected chi connectivity index (χ0v) is 14.0. The van der Waals surface area contributed by atoms with E-state index in [1.54, 1.807) is 0 Å². The van der Waals surface area contributed by atoms with E-state index in [4.69, 9.17) is 0 Å². The normalized spacial score (nSPS) is 13.5. The second-order valence-corrected chi connectivity index (χ2v) is 7.15. The molecule has 0 bridgehead atoms. The van der Waals surface area contributed by atoms with Gasteiger partial charge < -0.3 is 4.90 Å². The molecule has 0 rings (SSSR count). The van der Waals surface area contributed by atoms with E-state index < -0.39 is 0 Å². The Labute approximate surface area is 121 Å². The van der Waals surface area contributed by atoms with Crippen LogP contribution in [0.4, 0.5) is 0 Å². The second-order valence-electron chi connectivity index (χ2n) is 6.27. The largest absolute Gasteiger partial charge is 0.305 e. The average molecular weight is 274 g/mol. The Morgan fingerprint density at radius 2 is 1.33 bits per heavy atom. The molecule has 0 aromatic carbocycles. The van der Waals surface area contributed by atoms with Gasteiger partial charge in [-0.3, -0.25) is 0 Å². The van der Waals surface area contributed by atoms with Crippen LogP contribution in [-0.2, 0) is 0 Å². The van der Waals surface area contributed by atoms with Crippen LogP contribution < -0.4 is 0 Å². The van der Waals surface area contributed by atoms with Gasteiger partial charge in [-0.15, -0.1) is 0 Å². The molecule has 0 aromatic heterocycles. The molecule has 2 heteroatoms. The summed E-state index contributed by atoms with van der Waals surface area (Å²) in [6, 6.07) is 0. The zero-order chi connectivity index (χ0) is 13.8. The van der Waals surface area contributed by atoms with E-state index in [2.05, 4.69) is 45.3 Å². The van der Waals surface area contributed by atoms with Gasteiger partial charge >= 0.3 is 0 Å². The molecule has 0 radical (unpaired) electrons. The molecule has 0 fully saturated rings. The molecular weight excluding hydrogens is 238 g/mol. The third kappa shape index (κ3) is 14.4. The van der Waals surface area contributed by atoms with Crippen molar-refractivity contribution in [2.24, 2.45) is 5.92 Å². The maximum atomic E-state index is 4.42. The number of rotatable bonds is 12. The zero-order valence-electron chi connectivity index (χ0n) is 13.1. The minimum atomic E-state index is 0.496. The Balaban J connectivity index is 3.11. The van der Waals surface area contributed by atoms with Crippen molar-refractivity contribution in [2.45, 2.75) is 77.4 Å². The van der Waals surface area contributed by atoms with Crippen LogP contribution in [0.2, 0.25) is 0 Å². The van der Waals surface area contributed by atoms with E-state index in [9.17, 15) is 0 Å². The smallest absolute Gasteiger partial charge is 0.0116 e. The molecule has 1 atom stereocenters. The molecule has 0 aliphatic heterocycles. The van der Waals surface area contributed by atoms with E-state index in [1.165, 1.54) is 57.9 Å². The summed E-state index contributed by atoms with van der Waals surface area (Å²) in [5.41, 5.74) is 0. The number of nitrogens with zero attached hydrogens (tertiary/aromatic N) is 1. The predicted molar refractivity (Wildman–Crippen MR) is 87.7 cm³/mol. The van der Waals surface area contributed by atoms with Crippen molar-refractivity contribution in [3.05, 3.63) is 0 Å². The molecule has 0 amide bonds. The summed E-state index contributed by atoms with van der Waals surface area (Å²) < 4.78 is 0. The molecule has 0 aromatic rings. The molecule has 0 saturated heterocycles. The van der Waals surface area contributed by atoms with Crippen LogP contribution in [0.25, 0.3) is 0 Å². The van der Waals surface area contributed by atoms with Crippen LogP contribution in [0.3, 0.4) is 0 Å². The van der Waals surface area contributed by atoms with Crippen molar-refractivity contribution in [1.29, 1.82) is 0 Å². The van der Waals surface area contributed by atoms with Gasteiger partial charge in [0.05, 0.1) is 0 Å². The number of hydrogen-bond donors (Lipinski definition) is 1. The third-order valence-corrected chi connectivity index (χ3v) is 3.56. The van der Waals surface area contributed by atoms with Crippen molar-refractivity contribution in [3.8, 4) is 0 Å². The first-order valence-corrected chi connectivity index (χ1v) is 8.40. The standard InChI is InChI=1S/C16H35NS/c1-15(2)12-10-8-6-5-7-9-11-13-17(4)14-16(3)18/h15-16,18H,5-14H2,1-4H3. The SMILES string of the molecule is CC(C)CCCCCCCCCN(C)CC(C)S. The first kappa shape index (κ1) is 18.3. The monoisotopic (exact) mass is 273 g/mol. The van der Waals surface area contributed by atoms with E-state index in [0.29, 0.717) is 5.25 Å². The molecule has 1 nitrogen and oxygen atoms in total. The minimum Gasteiger partial charge on any atom is -0.305 e. The number of hydrogen-bond acceptors (Lipinski definition) is 2. The number of unbranched alkanes of at least 4 members (excludes halogenated alkanes) is 6. The molecule has 0 saturated carbocycles. The van der Waals surface area contributed by atoms with E-state index in [1.807, 2.05) is 0 Å². The average Bonchev–Trinajstić information content (AvgIpc) is 2.25. The van der Waals surface area contributed by atoms with E-state index >= 15 is 0 Å². The van der Waals surface area contributed by atoms with Crippen LogP contribution in [0.5, 0.6) is 0 Å². The third-order valence-electron chi connectivity index (χ3n) is 3.40. The summed E-state index contributed by atoms with van der Waals surface area (Å²) >= 11 is 4.42. The lowest BCUT2D eigenvalue weighted by molar-refractivity contribution is 0.328. The van der Waals surface area contributed by atoms with Gasteiger partial charge in [0.2, 0.25) is 0 Å². The van der Waals surface area contributed by atoms with Crippen molar-refractivity contribution in [3.63, 3.8) is 0 Å². The second kappa shape index (κ2) is 12.3. The number of thiol groups is 1. The highest BCUT2D eigenvalue weighted by Crippen LogP contribution is 2.12. The molecular formula is C16H35NS. The van der Waals surface area contributed by atoms with Crippen molar-refractivity contribution >= 4 is 12.6 Å². The summed E-state index contributed by atoms with van der Waals surface area (Å²) in [4.78, 5) is 2.40. The Morgan fingerprint density at radius 1 is 0.833 bits per heavy atom. The Morgan fingerprint density at radius 3 is 1.83 bits per heavy atom. The fourth-order valence-corrected chi connectivity index (χ4v) is 2.64. The van der Waals surface area contributed by atoms with Crippen LogP contribution in [0, 0.1) is 5.92 Å². The van der Waals surface area contributed by atoms with Crippen LogP contribution >= 0.6 is 12.6 Å². The lowest BCUT2D eigenvalue weighted by Crippen LogP contribution is -2.25. The van der Waals surface area contributed by atoms with Crippen molar-refractivity contribution < 1.29 is 0 Å². The van der Waals surface area contributed by atoms with Crippen LogP contribution in [0.1, 0.15) is 72.1 Å². The summed E-state index contributed by atoms with van der Waals surface area (Å²) in [5.74, 6) is 0.884. The van der Waals surface area contributed by atoms with Crippen molar-refractivity contribution in [1.82, 2.24) is 4.90 Å². The van der Waals surface area contributed by atoms with Crippen LogP contribution in [-0.4, -0.2) is 30.3 Å². The van der Waals surface area contributed by atoms with Gasteiger partial charge in [0.25, 0.3) is 0 Å². The fourth-order valence-electron chi connectivity index (χ4n) is 2.36. The summed E-state index contributed by atoms with van der Waals surface area (Å²) in [6.45, 7) is 9.15. The molecule has 0 N–H and O–H groups in total. The maximum absolute atomic E-state index is 4.42. The fraction of sp³-hybridized carbons (Fsp3) is 1.00. The molecule has 0 heterocycles. The van der Waals surface area contributed by atoms with Gasteiger partial charge in [-0.05, 0) is 25.9 Å². The molecule has 1 unspecified atom stereocenters. The molecule has 18 heavy (non-hydrogen) atoms. The van der Waals surface area contributed by atoms with Gasteiger partial charge in [-0.2, -0.15) is 12.6 Å². The predicted octanol–water partition coefficient (Wildman–Crippen LogP) is 5.01. The quantitative estimate of drug-likeness (QED) is 0.386. The molecule has 0 spiro atoms. The van der Waals surface area contributed by atoms with Crippen LogP contribution in [0.15, 0.2) is 0 Å². The van der Waals surface area contributed by atoms with Gasteiger partial charge in [0.15, 0.2) is 0 Å². The molecule has 110 valence electrons. The summed E-state index contributed by atoms with van der Waals surface area (Å²) in [6.07, 6.45) is 11.3. The lowest BCUT2D eigenvalue weighted by atomic mass is 10.0. The molecule has 0 aliphatic carbocycles. The van der Waals surface area contributed by atoms with Gasteiger partial charge in [-0.25, -0.2) is 0 Å². The van der Waals surface area contributed by atoms with Gasteiger partial charge in [0, 0.05) is 11.8 Å². The maximum Gasteiger partial charge on any atom is 0.0116 e. The summed E-state index contributed by atoms with van der Waals surface area (Å²) in [5, 5.41) is 0.496. The highest BCUT2D eigenvalue weighted by Gasteiger charge is 2.01. The first-order valence-electron chi connectivity index (χ1n) is 7.89. The Kier molecular flexibility index (Phi) is 12.6. The topological polar surface area (TPSA) is 3.24 Å². The Bertz CT molecular complexity index is 168. The van der Waals surface area contributed by atoms with E-state index in [-0.39, 0.29) is 0 Å². The van der Waals surface area contributed by atoms with E-state index in [0.717, 1.165) is 12.5 Å². The highest BCUT2D eigenvalue weighted by atomic mass is 32.1. The Hall–Kier alpha value is 0.310. The lowest BCUT2D eigenvalue weighted by Gasteiger charge is -2.18.